The van der Waals surface area contributed by atoms with Gasteiger partial charge in [0.2, 0.25) is 9.84 Å². The highest BCUT2D eigenvalue weighted by Crippen LogP contribution is 2.60. The number of fused-ring (bicyclic) bond motifs is 14. The van der Waals surface area contributed by atoms with Crippen molar-refractivity contribution in [3.8, 4) is 67.3 Å². The fourth-order valence-corrected chi connectivity index (χ4v) is 12.1. The van der Waals surface area contributed by atoms with Gasteiger partial charge in [0.15, 0.2) is 5.82 Å². The average molecular weight is 854 g/mol. The molecule has 4 heterocycles. The zero-order valence-corrected chi connectivity index (χ0v) is 35.5. The Balaban J connectivity index is 1.13. The minimum absolute atomic E-state index is 0.256. The van der Waals surface area contributed by atoms with Gasteiger partial charge < -0.3 is 4.42 Å². The number of para-hydroxylation sites is 1. The maximum atomic E-state index is 15.2. The topological polar surface area (TPSA) is 86.0 Å². The van der Waals surface area contributed by atoms with Crippen molar-refractivity contribution in [1.82, 2.24) is 15.0 Å². The summed E-state index contributed by atoms with van der Waals surface area (Å²) in [5.74, 6) is 0.547. The number of aromatic nitrogens is 3. The Kier molecular flexibility index (Phi) is 8.11. The zero-order valence-electron chi connectivity index (χ0n) is 34.7. The van der Waals surface area contributed by atoms with E-state index in [1.165, 1.54) is 0 Å². The quantitative estimate of drug-likeness (QED) is 0.175. The molecular formula is C58H35N3O3S. The van der Waals surface area contributed by atoms with Gasteiger partial charge in [-0.3, -0.25) is 4.98 Å². The molecule has 0 N–H and O–H groups in total. The van der Waals surface area contributed by atoms with E-state index in [0.717, 1.165) is 83.4 Å². The molecule has 0 amide bonds. The molecule has 306 valence electrons. The van der Waals surface area contributed by atoms with Gasteiger partial charge >= 0.3 is 0 Å². The molecule has 0 saturated heterocycles. The molecule has 11 aromatic rings. The van der Waals surface area contributed by atoms with E-state index in [2.05, 4.69) is 114 Å². The number of rotatable bonds is 4. The Bertz CT molecular complexity index is 3850. The van der Waals surface area contributed by atoms with E-state index in [-0.39, 0.29) is 9.79 Å². The normalized spacial score (nSPS) is 15.4. The van der Waals surface area contributed by atoms with Gasteiger partial charge in [-0.1, -0.05) is 158 Å². The highest BCUT2D eigenvalue weighted by molar-refractivity contribution is 7.91. The highest BCUT2D eigenvalue weighted by atomic mass is 32.2. The number of sulfone groups is 1. The second kappa shape index (κ2) is 14.1. The van der Waals surface area contributed by atoms with Crippen molar-refractivity contribution in [3.05, 3.63) is 235 Å². The minimum Gasteiger partial charge on any atom is -0.456 e. The largest absolute Gasteiger partial charge is 0.456 e. The Morgan fingerprint density at radius 2 is 1.02 bits per heavy atom. The van der Waals surface area contributed by atoms with Gasteiger partial charge in [-0.25, -0.2) is 18.4 Å². The number of benzene rings is 8. The molecular weight excluding hydrogens is 819 g/mol. The van der Waals surface area contributed by atoms with Crippen molar-refractivity contribution in [2.75, 3.05) is 0 Å². The van der Waals surface area contributed by atoms with Crippen molar-refractivity contribution in [2.45, 2.75) is 15.2 Å². The molecule has 2 aliphatic rings. The minimum atomic E-state index is -4.02. The van der Waals surface area contributed by atoms with Crippen molar-refractivity contribution in [1.29, 1.82) is 0 Å². The number of pyridine rings is 1. The number of hydrogen-bond donors (Lipinski definition) is 0. The molecule has 1 atom stereocenters. The third kappa shape index (κ3) is 5.52. The van der Waals surface area contributed by atoms with E-state index in [1.54, 1.807) is 12.3 Å². The van der Waals surface area contributed by atoms with Crippen LogP contribution in [0.15, 0.2) is 227 Å². The van der Waals surface area contributed by atoms with Gasteiger partial charge in [0.25, 0.3) is 0 Å². The SMILES string of the molecule is O=S1(=O)c2ccccc2C2(c3ccccc3-c3ccccc3-c3ccc(-c4nc(-c5ccccc5)cc(-c5ccc(-c6cccnc6)cc5)n4)cc32)c2cc3oc4ccccc4c3cc21. The Hall–Kier alpha value is -8.26. The lowest BCUT2D eigenvalue weighted by Crippen LogP contribution is -2.38. The summed E-state index contributed by atoms with van der Waals surface area (Å²) in [5.41, 5.74) is 13.8. The Morgan fingerprint density at radius 3 is 1.78 bits per heavy atom. The molecule has 0 radical (unpaired) electrons. The maximum Gasteiger partial charge on any atom is 0.207 e. The summed E-state index contributed by atoms with van der Waals surface area (Å²) in [5, 5.41) is 1.62. The molecule has 65 heavy (non-hydrogen) atoms. The van der Waals surface area contributed by atoms with Crippen LogP contribution in [0.25, 0.3) is 89.2 Å². The van der Waals surface area contributed by atoms with Crippen LogP contribution in [0.5, 0.6) is 0 Å². The first-order chi connectivity index (χ1) is 32.0. The van der Waals surface area contributed by atoms with Crippen LogP contribution in [0.4, 0.5) is 0 Å². The maximum absolute atomic E-state index is 15.2. The van der Waals surface area contributed by atoms with E-state index in [9.17, 15) is 0 Å². The molecule has 7 heteroatoms. The number of furan rings is 1. The molecule has 0 bridgehead atoms. The van der Waals surface area contributed by atoms with Gasteiger partial charge in [0.1, 0.15) is 11.2 Å². The van der Waals surface area contributed by atoms with Gasteiger partial charge in [0.05, 0.1) is 26.6 Å². The summed E-state index contributed by atoms with van der Waals surface area (Å²) in [6, 6.07) is 67.1. The van der Waals surface area contributed by atoms with Crippen molar-refractivity contribution in [2.24, 2.45) is 0 Å². The van der Waals surface area contributed by atoms with E-state index in [1.807, 2.05) is 91.1 Å². The summed E-state index contributed by atoms with van der Waals surface area (Å²) >= 11 is 0. The lowest BCUT2D eigenvalue weighted by atomic mass is 9.63. The van der Waals surface area contributed by atoms with Crippen LogP contribution in [-0.2, 0) is 15.3 Å². The Labute approximate surface area is 375 Å². The van der Waals surface area contributed by atoms with Crippen LogP contribution in [0.2, 0.25) is 0 Å². The lowest BCUT2D eigenvalue weighted by molar-refractivity contribution is 0.579. The molecule has 13 rings (SSSR count). The second-order valence-corrected chi connectivity index (χ2v) is 18.6. The van der Waals surface area contributed by atoms with E-state index >= 15 is 8.42 Å². The summed E-state index contributed by atoms with van der Waals surface area (Å²) in [6.07, 6.45) is 3.64. The van der Waals surface area contributed by atoms with E-state index in [0.29, 0.717) is 28.1 Å². The van der Waals surface area contributed by atoms with Crippen LogP contribution in [0.1, 0.15) is 22.3 Å². The van der Waals surface area contributed by atoms with Crippen molar-refractivity contribution in [3.63, 3.8) is 0 Å². The summed E-state index contributed by atoms with van der Waals surface area (Å²) < 4.78 is 37.1. The van der Waals surface area contributed by atoms with Crippen molar-refractivity contribution >= 4 is 31.8 Å². The van der Waals surface area contributed by atoms with Crippen LogP contribution in [0, 0.1) is 0 Å². The predicted octanol–water partition coefficient (Wildman–Crippen LogP) is 13.6. The molecule has 1 aliphatic heterocycles. The smallest absolute Gasteiger partial charge is 0.207 e. The van der Waals surface area contributed by atoms with Crippen LogP contribution in [-0.4, -0.2) is 23.4 Å². The molecule has 1 spiro atoms. The van der Waals surface area contributed by atoms with Crippen LogP contribution in [0.3, 0.4) is 0 Å². The monoisotopic (exact) mass is 853 g/mol. The summed E-state index contributed by atoms with van der Waals surface area (Å²) in [4.78, 5) is 15.5. The van der Waals surface area contributed by atoms with Crippen LogP contribution < -0.4 is 0 Å². The summed E-state index contributed by atoms with van der Waals surface area (Å²) in [6.45, 7) is 0. The predicted molar refractivity (Wildman–Crippen MR) is 257 cm³/mol. The third-order valence-corrected chi connectivity index (χ3v) is 15.1. The first-order valence-electron chi connectivity index (χ1n) is 21.6. The van der Waals surface area contributed by atoms with E-state index in [4.69, 9.17) is 14.4 Å². The number of nitrogens with zero attached hydrogens (tertiary/aromatic N) is 3. The fraction of sp³-hybridized carbons (Fsp3) is 0.0172. The van der Waals surface area contributed by atoms with Crippen LogP contribution >= 0.6 is 0 Å². The standard InChI is InChI=1S/C58H35N3O3S/c62-65(63)55-23-11-9-21-48(55)58(50-33-54-46(32-56(50)65)45-19-7-10-22-53(45)64-54)47-20-8-6-18-43(47)41-16-4-5-17-42(41)44-29-28-39(31-49(44)58)57-60-51(37-13-2-1-3-14-37)34-52(61-57)38-26-24-36(25-27-38)40-15-12-30-59-35-40/h1-35H. The second-order valence-electron chi connectivity index (χ2n) is 16.7. The van der Waals surface area contributed by atoms with Gasteiger partial charge in [0, 0.05) is 39.9 Å². The molecule has 3 aromatic heterocycles. The first kappa shape index (κ1) is 37.3. The fourth-order valence-electron chi connectivity index (χ4n) is 10.3. The first-order valence-corrected chi connectivity index (χ1v) is 23.0. The third-order valence-electron chi connectivity index (χ3n) is 13.2. The van der Waals surface area contributed by atoms with E-state index < -0.39 is 15.3 Å². The zero-order chi connectivity index (χ0) is 43.3. The Morgan fingerprint density at radius 1 is 0.400 bits per heavy atom. The molecule has 1 aliphatic carbocycles. The highest BCUT2D eigenvalue weighted by Gasteiger charge is 2.52. The molecule has 0 saturated carbocycles. The number of hydrogen-bond acceptors (Lipinski definition) is 6. The summed E-state index contributed by atoms with van der Waals surface area (Å²) in [7, 11) is -4.02. The lowest BCUT2D eigenvalue weighted by Gasteiger charge is -2.42. The molecule has 8 aromatic carbocycles. The average Bonchev–Trinajstić information content (AvgIpc) is 3.70. The molecule has 1 unspecified atom stereocenters. The van der Waals surface area contributed by atoms with Gasteiger partial charge in [-0.2, -0.15) is 0 Å². The van der Waals surface area contributed by atoms with Gasteiger partial charge in [-0.15, -0.1) is 0 Å². The molecule has 0 fully saturated rings. The molecule has 6 nitrogen and oxygen atoms in total. The van der Waals surface area contributed by atoms with Gasteiger partial charge in [-0.05, 0) is 98.1 Å². The van der Waals surface area contributed by atoms with Crippen molar-refractivity contribution < 1.29 is 12.8 Å².